The van der Waals surface area contributed by atoms with Gasteiger partial charge in [0.05, 0.1) is 88.7 Å². The van der Waals surface area contributed by atoms with Crippen LogP contribution >= 0.6 is 0 Å². The number of anilines is 2. The number of hydrogen-bond donors (Lipinski definition) is 1. The third kappa shape index (κ3) is 22.4. The molecule has 37 heteroatoms. The van der Waals surface area contributed by atoms with Gasteiger partial charge in [0.15, 0.2) is 56.7 Å². The molecular weight excluding hydrogens is 1840 g/mol. The second-order valence-electron chi connectivity index (χ2n) is 36.1. The van der Waals surface area contributed by atoms with Crippen LogP contribution in [0.4, 0.5) is 16.0 Å². The van der Waals surface area contributed by atoms with E-state index in [1.165, 1.54) is 37.9 Å². The normalized spacial score (nSPS) is 14.2. The van der Waals surface area contributed by atoms with Crippen molar-refractivity contribution in [2.75, 3.05) is 139 Å². The first-order chi connectivity index (χ1) is 70.7. The number of methoxy groups -OCH3 is 6. The van der Waals surface area contributed by atoms with Gasteiger partial charge in [-0.2, -0.15) is 48.5 Å². The molecule has 5 aliphatic heterocycles. The van der Waals surface area contributed by atoms with Crippen LogP contribution in [0.15, 0.2) is 213 Å². The molecule has 17 heterocycles. The minimum atomic E-state index is -0.588. The van der Waals surface area contributed by atoms with Crippen LogP contribution in [-0.2, 0) is 7.05 Å². The summed E-state index contributed by atoms with van der Waals surface area (Å²) >= 11 is 0. The number of amides is 5. The fraction of sp³-hybridized carbons (Fsp3) is 0.324. The summed E-state index contributed by atoms with van der Waals surface area (Å²) in [5.41, 5.74) is 16.6. The van der Waals surface area contributed by atoms with Gasteiger partial charge in [-0.05, 0) is 236 Å². The summed E-state index contributed by atoms with van der Waals surface area (Å²) in [6, 6.07) is 59.8. The van der Waals surface area contributed by atoms with Gasteiger partial charge in [0.1, 0.15) is 40.4 Å². The van der Waals surface area contributed by atoms with Crippen LogP contribution in [-0.4, -0.2) is 271 Å². The van der Waals surface area contributed by atoms with E-state index in [0.717, 1.165) is 238 Å². The molecule has 22 rings (SSSR count). The van der Waals surface area contributed by atoms with E-state index < -0.39 is 5.95 Å². The number of aryl methyl sites for hydroxylation is 1. The van der Waals surface area contributed by atoms with E-state index in [0.29, 0.717) is 79.5 Å². The minimum Gasteiger partial charge on any atom is -0.497 e. The SMILES string of the molecule is CNc1cc(-c2ccc(OC)cc2)nc2cc(C(=O)N3CCCCC3)nn12.COc1ccc(-c2cc(-c3ccnc(F)c3)n3nc(C(=O)N4CCCCC4)cc3n2)cc1.COc1ccc(-c2cc(-c3cnn(C)c3)n3nc(C(=O)N4CCCCC4)cc3n2)cc1.COc1ccc(-c2cc(N(C)C)n3nc(C(=O)N4CCCCC4)cc3n2)cc1.COc1ccc(-c2cc(OC)n3nc(C(=O)N4CCCCC4)cc3n2)cc1. The Bertz CT molecular complexity index is 7300. The van der Waals surface area contributed by atoms with Gasteiger partial charge in [0.2, 0.25) is 11.8 Å². The summed E-state index contributed by atoms with van der Waals surface area (Å²) in [6.07, 6.45) is 21.4. The van der Waals surface area contributed by atoms with Crippen molar-refractivity contribution in [3.63, 3.8) is 0 Å². The van der Waals surface area contributed by atoms with Gasteiger partial charge in [-0.1, -0.05) is 0 Å². The summed E-state index contributed by atoms with van der Waals surface area (Å²) in [6.45, 7) is 7.82. The number of benzene rings is 5. The van der Waals surface area contributed by atoms with E-state index in [-0.39, 0.29) is 29.5 Å². The Labute approximate surface area is 837 Å². The summed E-state index contributed by atoms with van der Waals surface area (Å²) < 4.78 is 55.6. The number of nitrogens with one attached hydrogen (secondary N) is 1. The maximum absolute atomic E-state index is 13.9. The van der Waals surface area contributed by atoms with Crippen molar-refractivity contribution in [1.82, 2.24) is 112 Å². The molecular formula is C108H116FN25O11. The molecule has 5 aliphatic rings. The predicted octanol–water partition coefficient (Wildman–Crippen LogP) is 16.9. The average molecular weight is 1960 g/mol. The van der Waals surface area contributed by atoms with Crippen LogP contribution in [0.5, 0.6) is 34.6 Å². The first kappa shape index (κ1) is 98.4. The molecule has 0 atom stereocenters. The third-order valence-corrected chi connectivity index (χ3v) is 26.3. The van der Waals surface area contributed by atoms with Crippen molar-refractivity contribution in [1.29, 1.82) is 0 Å². The van der Waals surface area contributed by atoms with Crippen molar-refractivity contribution < 1.29 is 56.8 Å². The Morgan fingerprint density at radius 1 is 0.317 bits per heavy atom. The van der Waals surface area contributed by atoms with Crippen LogP contribution in [0.1, 0.15) is 149 Å². The number of halogens is 1. The van der Waals surface area contributed by atoms with Crippen LogP contribution in [0.2, 0.25) is 0 Å². The van der Waals surface area contributed by atoms with Gasteiger partial charge in [0.25, 0.3) is 29.5 Å². The lowest BCUT2D eigenvalue weighted by Gasteiger charge is -2.25. The molecule has 36 nitrogen and oxygen atoms in total. The van der Waals surface area contributed by atoms with Gasteiger partial charge in [-0.15, -0.1) is 0 Å². The van der Waals surface area contributed by atoms with Gasteiger partial charge < -0.3 is 63.1 Å². The molecule has 5 fully saturated rings. The van der Waals surface area contributed by atoms with Crippen molar-refractivity contribution >= 4 is 69.4 Å². The molecule has 12 aromatic heterocycles. The molecule has 5 saturated heterocycles. The lowest BCUT2D eigenvalue weighted by Crippen LogP contribution is -2.35. The molecule has 17 aromatic rings. The highest BCUT2D eigenvalue weighted by Gasteiger charge is 2.31. The van der Waals surface area contributed by atoms with E-state index in [2.05, 4.69) is 45.9 Å². The van der Waals surface area contributed by atoms with Crippen LogP contribution in [0.25, 0.3) is 107 Å². The zero-order valence-electron chi connectivity index (χ0n) is 83.0. The largest absolute Gasteiger partial charge is 0.497 e. The molecule has 746 valence electrons. The number of nitrogens with zero attached hydrogens (tertiary/aromatic N) is 24. The lowest BCUT2D eigenvalue weighted by atomic mass is 10.1. The maximum Gasteiger partial charge on any atom is 0.274 e. The Morgan fingerprint density at radius 3 is 0.917 bits per heavy atom. The average Bonchev–Trinajstić information content (AvgIpc) is 1.56. The number of carbonyl (C=O) groups is 5. The standard InChI is InChI=1S/C24H22FN5O2.C23H24N6O2.C21H25N5O2.C20H23N5O2.C20H22N4O3/c1-32-18-7-5-16(6-8-18)19-14-21(17-9-10-26-22(25)13-17)30-23(27-19)15-20(28-30)24(31)29-11-3-2-4-12-29;1-27-15-17(14-24-27)21-12-19(16-6-8-18(31-2)9-7-16)25-22-13-20(26-29(21)22)23(30)28-10-4-3-5-11-28;1-24(2)20-14-17(15-7-9-16(28-3)10-8-15)22-19-13-18(23-26(19)20)21(27)25-11-5-4-6-12-25;1-21-18-12-16(14-6-8-15(27-2)9-7-14)22-19-13-17(23-25(18)19)20(26)24-10-4-3-5-11-24;1-26-15-8-6-14(7-9-15)16-13-19(27-2)24-18(21-16)12-17(22-24)20(25)23-10-4-3-5-11-23/h5-10,13-15H,2-4,11-12H2,1H3;6-9,12-15H,3-5,10-11H2,1-2H3;7-10,13-14H,4-6,11-12H2,1-3H3;6-9,12-13,21H,3-5,10-11H2,1-2H3;6-9,12-13H,3-5,10-11H2,1-2H3. The van der Waals surface area contributed by atoms with Gasteiger partial charge in [-0.25, -0.2) is 38.9 Å². The molecule has 0 radical (unpaired) electrons. The molecule has 1 N–H and O–H groups in total. The zero-order chi connectivity index (χ0) is 101. The topological polar surface area (TPSA) is 354 Å². The number of carbonyl (C=O) groups excluding carboxylic acids is 5. The van der Waals surface area contributed by atoms with Crippen molar-refractivity contribution in [3.05, 3.63) is 247 Å². The van der Waals surface area contributed by atoms with Crippen LogP contribution < -0.4 is 38.6 Å². The number of pyridine rings is 1. The van der Waals surface area contributed by atoms with E-state index in [4.69, 9.17) is 48.4 Å². The summed E-state index contributed by atoms with van der Waals surface area (Å²) in [5, 5.41) is 30.2. The fourth-order valence-corrected chi connectivity index (χ4v) is 18.4. The monoisotopic (exact) mass is 1960 g/mol. The van der Waals surface area contributed by atoms with Gasteiger partial charge in [0, 0.05) is 200 Å². The van der Waals surface area contributed by atoms with E-state index in [1.54, 1.807) is 113 Å². The van der Waals surface area contributed by atoms with Gasteiger partial charge >= 0.3 is 0 Å². The summed E-state index contributed by atoms with van der Waals surface area (Å²) in [4.78, 5) is 103. The molecule has 0 spiro atoms. The molecule has 0 unspecified atom stereocenters. The van der Waals surface area contributed by atoms with Crippen molar-refractivity contribution in [3.8, 4) is 113 Å². The number of piperidine rings is 5. The van der Waals surface area contributed by atoms with Crippen molar-refractivity contribution in [2.24, 2.45) is 7.05 Å². The number of rotatable bonds is 20. The second kappa shape index (κ2) is 45.0. The first-order valence-corrected chi connectivity index (χ1v) is 48.9. The minimum absolute atomic E-state index is 0.0131. The summed E-state index contributed by atoms with van der Waals surface area (Å²) in [7, 11) is 17.4. The van der Waals surface area contributed by atoms with Crippen molar-refractivity contribution in [2.45, 2.75) is 96.3 Å². The predicted molar refractivity (Wildman–Crippen MR) is 549 cm³/mol. The Kier molecular flexibility index (Phi) is 30.6. The first-order valence-electron chi connectivity index (χ1n) is 48.9. The Morgan fingerprint density at radius 2 is 0.607 bits per heavy atom. The third-order valence-electron chi connectivity index (χ3n) is 26.3. The Balaban J connectivity index is 0.000000119. The van der Waals surface area contributed by atoms with E-state index in [9.17, 15) is 28.4 Å². The summed E-state index contributed by atoms with van der Waals surface area (Å²) in [5.74, 6) is 5.29. The Hall–Kier alpha value is -16.8. The lowest BCUT2D eigenvalue weighted by molar-refractivity contribution is 0.0710. The molecule has 5 amide bonds. The van der Waals surface area contributed by atoms with E-state index in [1.807, 2.05) is 215 Å². The molecule has 0 saturated carbocycles. The number of hydrogen-bond acceptors (Lipinski definition) is 25. The van der Waals surface area contributed by atoms with Crippen LogP contribution in [0.3, 0.4) is 0 Å². The molecule has 5 aromatic carbocycles. The highest BCUT2D eigenvalue weighted by molar-refractivity contribution is 5.97. The number of likely N-dealkylation sites (tertiary alicyclic amines) is 5. The fourth-order valence-electron chi connectivity index (χ4n) is 18.4. The smallest absolute Gasteiger partial charge is 0.274 e. The van der Waals surface area contributed by atoms with E-state index >= 15 is 0 Å². The number of ether oxygens (including phenoxy) is 6. The molecule has 0 bridgehead atoms. The molecule has 145 heavy (non-hydrogen) atoms. The maximum atomic E-state index is 13.9. The number of fused-ring (bicyclic) bond motifs is 5. The second-order valence-corrected chi connectivity index (χ2v) is 36.1. The highest BCUT2D eigenvalue weighted by Crippen LogP contribution is 2.36. The quantitative estimate of drug-likeness (QED) is 0.0692. The number of aromatic nitrogens is 18. The highest BCUT2D eigenvalue weighted by atomic mass is 19.1. The zero-order valence-corrected chi connectivity index (χ0v) is 83.0. The van der Waals surface area contributed by atoms with Crippen LogP contribution in [0, 0.1) is 5.95 Å². The van der Waals surface area contributed by atoms with Gasteiger partial charge in [-0.3, -0.25) is 28.7 Å². The molecule has 0 aliphatic carbocycles.